The number of imidazole rings is 1. The third-order valence-corrected chi connectivity index (χ3v) is 5.26. The molecule has 5 aromatic rings. The summed E-state index contributed by atoms with van der Waals surface area (Å²) in [7, 11) is 1.65. The van der Waals surface area contributed by atoms with E-state index in [0.717, 1.165) is 40.5 Å². The number of hydrogen-bond acceptors (Lipinski definition) is 5. The molecule has 30 heavy (non-hydrogen) atoms. The number of aromatic nitrogens is 4. The summed E-state index contributed by atoms with van der Waals surface area (Å²) < 4.78 is 7.39. The van der Waals surface area contributed by atoms with Gasteiger partial charge in [-0.15, -0.1) is 0 Å². The number of ether oxygens (including phenoxy) is 1. The maximum atomic E-state index is 6.26. The van der Waals surface area contributed by atoms with Crippen LogP contribution in [0.1, 0.15) is 11.3 Å². The summed E-state index contributed by atoms with van der Waals surface area (Å²) in [5, 5.41) is 0.983. The van der Waals surface area contributed by atoms with Crippen molar-refractivity contribution in [2.45, 2.75) is 12.8 Å². The summed E-state index contributed by atoms with van der Waals surface area (Å²) >= 11 is 0. The summed E-state index contributed by atoms with van der Waals surface area (Å²) in [6, 6.07) is 24.1. The molecule has 0 spiro atoms. The van der Waals surface area contributed by atoms with Gasteiger partial charge in [-0.2, -0.15) is 0 Å². The van der Waals surface area contributed by atoms with Gasteiger partial charge >= 0.3 is 0 Å². The van der Waals surface area contributed by atoms with Crippen molar-refractivity contribution in [2.24, 2.45) is 0 Å². The largest absolute Gasteiger partial charge is 0.494 e. The predicted molar refractivity (Wildman–Crippen MR) is 119 cm³/mol. The average Bonchev–Trinajstić information content (AvgIpc) is 3.13. The number of nitrogen functional groups attached to an aromatic ring is 1. The summed E-state index contributed by atoms with van der Waals surface area (Å²) in [5.41, 5.74) is 10.9. The van der Waals surface area contributed by atoms with E-state index in [1.807, 2.05) is 48.5 Å². The SMILES string of the molecule is COc1cccc2c(CCc3ccccc3)nc(-n3c(N)nc4ccccc43)nc12. The van der Waals surface area contributed by atoms with E-state index in [4.69, 9.17) is 20.4 Å². The highest BCUT2D eigenvalue weighted by atomic mass is 16.5. The van der Waals surface area contributed by atoms with Gasteiger partial charge in [0.05, 0.1) is 23.8 Å². The van der Waals surface area contributed by atoms with Gasteiger partial charge in [0, 0.05) is 5.39 Å². The monoisotopic (exact) mass is 395 g/mol. The zero-order chi connectivity index (χ0) is 20.5. The zero-order valence-corrected chi connectivity index (χ0v) is 16.6. The standard InChI is InChI=1S/C24H21N5O/c1-30-21-13-7-10-17-18(15-14-16-8-3-2-4-9-16)27-24(28-22(17)21)29-20-12-6-5-11-19(20)26-23(29)25/h2-13H,14-15H2,1H3,(H2,25,26). The highest BCUT2D eigenvalue weighted by Gasteiger charge is 2.17. The molecule has 0 fully saturated rings. The van der Waals surface area contributed by atoms with E-state index in [1.165, 1.54) is 5.56 Å². The molecule has 0 unspecified atom stereocenters. The molecule has 0 radical (unpaired) electrons. The van der Waals surface area contributed by atoms with Gasteiger partial charge in [-0.3, -0.25) is 0 Å². The van der Waals surface area contributed by atoms with Crippen LogP contribution >= 0.6 is 0 Å². The van der Waals surface area contributed by atoms with Gasteiger partial charge in [0.2, 0.25) is 11.9 Å². The second-order valence-corrected chi connectivity index (χ2v) is 7.11. The minimum Gasteiger partial charge on any atom is -0.494 e. The maximum Gasteiger partial charge on any atom is 0.238 e. The minimum atomic E-state index is 0.361. The van der Waals surface area contributed by atoms with Gasteiger partial charge < -0.3 is 10.5 Å². The second-order valence-electron chi connectivity index (χ2n) is 7.11. The van der Waals surface area contributed by atoms with Crippen molar-refractivity contribution in [1.29, 1.82) is 0 Å². The first-order valence-corrected chi connectivity index (χ1v) is 9.85. The lowest BCUT2D eigenvalue weighted by Crippen LogP contribution is -2.09. The zero-order valence-electron chi connectivity index (χ0n) is 16.6. The summed E-state index contributed by atoms with van der Waals surface area (Å²) in [6.45, 7) is 0. The Hall–Kier alpha value is -3.93. The predicted octanol–water partition coefficient (Wildman–Crippen LogP) is 4.34. The van der Waals surface area contributed by atoms with Crippen LogP contribution in [0.5, 0.6) is 5.75 Å². The molecule has 148 valence electrons. The first-order valence-electron chi connectivity index (χ1n) is 9.85. The van der Waals surface area contributed by atoms with E-state index >= 15 is 0 Å². The fourth-order valence-corrected chi connectivity index (χ4v) is 3.79. The summed E-state index contributed by atoms with van der Waals surface area (Å²) in [6.07, 6.45) is 1.65. The van der Waals surface area contributed by atoms with Crippen LogP contribution in [0.25, 0.3) is 27.9 Å². The molecule has 0 aliphatic heterocycles. The molecule has 6 heteroatoms. The van der Waals surface area contributed by atoms with Gasteiger partial charge in [0.25, 0.3) is 0 Å². The van der Waals surface area contributed by atoms with Crippen molar-refractivity contribution >= 4 is 27.9 Å². The Morgan fingerprint density at radius 2 is 1.63 bits per heavy atom. The molecule has 2 aromatic heterocycles. The normalized spacial score (nSPS) is 11.2. The van der Waals surface area contributed by atoms with E-state index in [9.17, 15) is 0 Å². The Labute approximate surface area is 174 Å². The molecule has 0 atom stereocenters. The van der Waals surface area contributed by atoms with E-state index < -0.39 is 0 Å². The lowest BCUT2D eigenvalue weighted by Gasteiger charge is -2.13. The quantitative estimate of drug-likeness (QED) is 0.479. The molecule has 2 N–H and O–H groups in total. The molecular formula is C24H21N5O. The van der Waals surface area contributed by atoms with Crippen LogP contribution in [0.4, 0.5) is 5.95 Å². The fraction of sp³-hybridized carbons (Fsp3) is 0.125. The molecule has 0 saturated carbocycles. The highest BCUT2D eigenvalue weighted by Crippen LogP contribution is 2.29. The Morgan fingerprint density at radius 3 is 2.47 bits per heavy atom. The van der Waals surface area contributed by atoms with E-state index in [0.29, 0.717) is 17.6 Å². The molecule has 5 rings (SSSR count). The summed E-state index contributed by atoms with van der Waals surface area (Å²) in [5.74, 6) is 1.57. The molecule has 0 saturated heterocycles. The van der Waals surface area contributed by atoms with E-state index in [1.54, 1.807) is 11.7 Å². The molecule has 0 bridgehead atoms. The number of para-hydroxylation sites is 3. The van der Waals surface area contributed by atoms with E-state index in [2.05, 4.69) is 29.2 Å². The number of nitrogens with two attached hydrogens (primary N) is 1. The number of nitrogens with zero attached hydrogens (tertiary/aromatic N) is 4. The van der Waals surface area contributed by atoms with Gasteiger partial charge in [-0.25, -0.2) is 19.5 Å². The van der Waals surface area contributed by atoms with Crippen LogP contribution < -0.4 is 10.5 Å². The molecule has 3 aromatic carbocycles. The van der Waals surface area contributed by atoms with Crippen molar-refractivity contribution in [2.75, 3.05) is 12.8 Å². The van der Waals surface area contributed by atoms with Crippen LogP contribution in [0.15, 0.2) is 72.8 Å². The number of anilines is 1. The number of fused-ring (bicyclic) bond motifs is 2. The molecule has 2 heterocycles. The first kappa shape index (κ1) is 18.1. The third kappa shape index (κ3) is 3.12. The second kappa shape index (κ2) is 7.48. The van der Waals surface area contributed by atoms with Gasteiger partial charge in [-0.1, -0.05) is 54.6 Å². The smallest absolute Gasteiger partial charge is 0.238 e. The van der Waals surface area contributed by atoms with Crippen LogP contribution in [-0.4, -0.2) is 26.6 Å². The topological polar surface area (TPSA) is 78.9 Å². The number of methoxy groups -OCH3 is 1. The fourth-order valence-electron chi connectivity index (χ4n) is 3.79. The van der Waals surface area contributed by atoms with Crippen molar-refractivity contribution in [3.8, 4) is 11.7 Å². The lowest BCUT2D eigenvalue weighted by atomic mass is 10.0. The van der Waals surface area contributed by atoms with Crippen molar-refractivity contribution in [3.63, 3.8) is 0 Å². The third-order valence-electron chi connectivity index (χ3n) is 5.26. The number of aryl methyl sites for hydroxylation is 2. The van der Waals surface area contributed by atoms with Crippen molar-refractivity contribution in [3.05, 3.63) is 84.1 Å². The maximum absolute atomic E-state index is 6.26. The Balaban J connectivity index is 1.70. The van der Waals surface area contributed by atoms with Crippen molar-refractivity contribution in [1.82, 2.24) is 19.5 Å². The molecule has 0 aliphatic rings. The van der Waals surface area contributed by atoms with Crippen LogP contribution in [0.2, 0.25) is 0 Å². The van der Waals surface area contributed by atoms with Gasteiger partial charge in [0.15, 0.2) is 0 Å². The highest BCUT2D eigenvalue weighted by molar-refractivity contribution is 5.88. The number of hydrogen-bond donors (Lipinski definition) is 1. The van der Waals surface area contributed by atoms with Gasteiger partial charge in [0.1, 0.15) is 11.3 Å². The Kier molecular flexibility index (Phi) is 4.52. The van der Waals surface area contributed by atoms with Crippen molar-refractivity contribution < 1.29 is 4.74 Å². The molecular weight excluding hydrogens is 374 g/mol. The van der Waals surface area contributed by atoms with Crippen LogP contribution in [0.3, 0.4) is 0 Å². The van der Waals surface area contributed by atoms with Gasteiger partial charge in [-0.05, 0) is 36.6 Å². The first-order chi connectivity index (χ1) is 14.7. The summed E-state index contributed by atoms with van der Waals surface area (Å²) in [4.78, 5) is 14.2. The molecule has 6 nitrogen and oxygen atoms in total. The molecule has 0 aliphatic carbocycles. The average molecular weight is 395 g/mol. The molecule has 0 amide bonds. The Morgan fingerprint density at radius 1 is 0.833 bits per heavy atom. The number of benzene rings is 3. The van der Waals surface area contributed by atoms with Crippen LogP contribution in [-0.2, 0) is 12.8 Å². The minimum absolute atomic E-state index is 0.361. The number of rotatable bonds is 5. The Bertz CT molecular complexity index is 1340. The lowest BCUT2D eigenvalue weighted by molar-refractivity contribution is 0.418. The van der Waals surface area contributed by atoms with Crippen LogP contribution in [0, 0.1) is 0 Å². The van der Waals surface area contributed by atoms with E-state index in [-0.39, 0.29) is 0 Å².